The van der Waals surface area contributed by atoms with Crippen molar-refractivity contribution < 1.29 is 9.90 Å². The zero-order valence-corrected chi connectivity index (χ0v) is 12.4. The second-order valence-corrected chi connectivity index (χ2v) is 5.13. The molecular formula is C18H14N2O3. The third-order valence-corrected chi connectivity index (χ3v) is 3.48. The molecule has 23 heavy (non-hydrogen) atoms. The van der Waals surface area contributed by atoms with Gasteiger partial charge in [-0.2, -0.15) is 9.78 Å². The van der Waals surface area contributed by atoms with Crippen molar-refractivity contribution in [1.29, 1.82) is 0 Å². The highest BCUT2D eigenvalue weighted by Gasteiger charge is 2.11. The quantitative estimate of drug-likeness (QED) is 0.597. The first-order valence-electron chi connectivity index (χ1n) is 7.05. The fourth-order valence-electron chi connectivity index (χ4n) is 2.29. The number of carbonyl (C=O) groups excluding carboxylic acids is 1. The lowest BCUT2D eigenvalue weighted by atomic mass is 10.1. The van der Waals surface area contributed by atoms with Crippen LogP contribution >= 0.6 is 0 Å². The Kier molecular flexibility index (Phi) is 3.76. The zero-order valence-electron chi connectivity index (χ0n) is 12.4. The maximum atomic E-state index is 12.5. The molecule has 0 aliphatic rings. The summed E-state index contributed by atoms with van der Waals surface area (Å²) in [4.78, 5) is 24.2. The molecule has 0 fully saturated rings. The highest BCUT2D eigenvalue weighted by atomic mass is 16.3. The van der Waals surface area contributed by atoms with Gasteiger partial charge >= 0.3 is 0 Å². The van der Waals surface area contributed by atoms with Gasteiger partial charge in [0.1, 0.15) is 5.75 Å². The molecule has 0 spiro atoms. The van der Waals surface area contributed by atoms with Gasteiger partial charge < -0.3 is 5.11 Å². The summed E-state index contributed by atoms with van der Waals surface area (Å²) < 4.78 is 1.22. The summed E-state index contributed by atoms with van der Waals surface area (Å²) >= 11 is 0. The topological polar surface area (TPSA) is 71.7 Å². The first-order chi connectivity index (χ1) is 11.1. The minimum absolute atomic E-state index is 0.103. The van der Waals surface area contributed by atoms with Gasteiger partial charge in [0.25, 0.3) is 5.56 Å². The molecule has 1 N–H and O–H groups in total. The first kappa shape index (κ1) is 14.7. The van der Waals surface area contributed by atoms with Crippen molar-refractivity contribution in [3.8, 4) is 5.75 Å². The molecule has 3 aromatic rings. The van der Waals surface area contributed by atoms with E-state index in [-0.39, 0.29) is 17.1 Å². The molecule has 0 saturated heterocycles. The van der Waals surface area contributed by atoms with Crippen molar-refractivity contribution in [1.82, 2.24) is 4.68 Å². The van der Waals surface area contributed by atoms with E-state index in [0.717, 1.165) is 10.9 Å². The number of aromatic nitrogens is 1. The fraction of sp³-hybridized carbons (Fsp3) is 0.0556. The van der Waals surface area contributed by atoms with E-state index in [1.807, 2.05) is 18.2 Å². The second kappa shape index (κ2) is 5.88. The Hall–Kier alpha value is -3.21. The molecule has 0 unspecified atom stereocenters. The van der Waals surface area contributed by atoms with Crippen LogP contribution in [0.15, 0.2) is 64.5 Å². The molecule has 5 nitrogen and oxygen atoms in total. The number of rotatable bonds is 3. The normalized spacial score (nSPS) is 11.2. The molecule has 0 amide bonds. The van der Waals surface area contributed by atoms with Gasteiger partial charge in [0.05, 0.1) is 17.3 Å². The number of fused-ring (bicyclic) bond motifs is 1. The summed E-state index contributed by atoms with van der Waals surface area (Å²) in [5.74, 6) is -0.141. The van der Waals surface area contributed by atoms with Crippen LogP contribution in [0.2, 0.25) is 0 Å². The van der Waals surface area contributed by atoms with Crippen molar-refractivity contribution >= 4 is 22.9 Å². The summed E-state index contributed by atoms with van der Waals surface area (Å²) in [5.41, 5.74) is 1.00. The fourth-order valence-corrected chi connectivity index (χ4v) is 2.29. The monoisotopic (exact) mass is 306 g/mol. The van der Waals surface area contributed by atoms with Crippen molar-refractivity contribution in [2.75, 3.05) is 0 Å². The molecule has 0 aliphatic heterocycles. The number of para-hydroxylation sites is 1. The smallest absolute Gasteiger partial charge is 0.282 e. The molecule has 0 atom stereocenters. The lowest BCUT2D eigenvalue weighted by Gasteiger charge is -2.07. The van der Waals surface area contributed by atoms with E-state index in [2.05, 4.69) is 5.10 Å². The van der Waals surface area contributed by atoms with Crippen LogP contribution in [-0.2, 0) is 0 Å². The van der Waals surface area contributed by atoms with E-state index in [1.165, 1.54) is 29.9 Å². The van der Waals surface area contributed by atoms with Gasteiger partial charge in [-0.1, -0.05) is 18.2 Å². The molecule has 0 radical (unpaired) electrons. The summed E-state index contributed by atoms with van der Waals surface area (Å²) in [5, 5.41) is 14.3. The average molecular weight is 306 g/mol. The van der Waals surface area contributed by atoms with Gasteiger partial charge in [-0.25, -0.2) is 0 Å². The van der Waals surface area contributed by atoms with Crippen LogP contribution in [0.3, 0.4) is 0 Å². The molecule has 114 valence electrons. The Morgan fingerprint density at radius 1 is 1.13 bits per heavy atom. The van der Waals surface area contributed by atoms with Crippen LogP contribution in [0, 0.1) is 0 Å². The predicted molar refractivity (Wildman–Crippen MR) is 89.3 cm³/mol. The Labute approximate surface area is 132 Å². The van der Waals surface area contributed by atoms with E-state index in [4.69, 9.17) is 0 Å². The highest BCUT2D eigenvalue weighted by Crippen LogP contribution is 2.14. The number of pyridine rings is 1. The van der Waals surface area contributed by atoms with E-state index in [9.17, 15) is 14.7 Å². The number of hydrogen-bond acceptors (Lipinski definition) is 4. The summed E-state index contributed by atoms with van der Waals surface area (Å²) in [6.07, 6.45) is 1.51. The van der Waals surface area contributed by atoms with Gasteiger partial charge in [0, 0.05) is 5.39 Å². The lowest BCUT2D eigenvalue weighted by Crippen LogP contribution is -2.23. The van der Waals surface area contributed by atoms with Crippen molar-refractivity contribution in [2.45, 2.75) is 6.92 Å². The molecule has 3 rings (SSSR count). The summed E-state index contributed by atoms with van der Waals surface area (Å²) in [7, 11) is 0. The van der Waals surface area contributed by atoms with Crippen molar-refractivity contribution in [3.05, 3.63) is 76.1 Å². The Morgan fingerprint density at radius 3 is 2.52 bits per heavy atom. The van der Waals surface area contributed by atoms with Gasteiger partial charge in [-0.05, 0) is 48.9 Å². The number of nitrogens with zero attached hydrogens (tertiary/aromatic N) is 2. The molecule has 0 saturated carbocycles. The Bertz CT molecular complexity index is 970. The summed E-state index contributed by atoms with van der Waals surface area (Å²) in [6.45, 7) is 1.36. The third-order valence-electron chi connectivity index (χ3n) is 3.48. The number of phenolic OH excluding ortho intramolecular Hbond substituents is 1. The average Bonchev–Trinajstić information content (AvgIpc) is 2.55. The maximum absolute atomic E-state index is 12.5. The minimum atomic E-state index is -0.453. The SMILES string of the molecule is CC(=O)c1cc2ccccc2n(/N=C/c2ccc(O)cc2)c1=O. The van der Waals surface area contributed by atoms with Crippen molar-refractivity contribution in [3.63, 3.8) is 0 Å². The van der Waals surface area contributed by atoms with Crippen LogP contribution in [0.5, 0.6) is 5.75 Å². The number of phenols is 1. The standard InChI is InChI=1S/C18H14N2O3/c1-12(21)16-10-14-4-2-3-5-17(14)20(18(16)23)19-11-13-6-8-15(22)9-7-13/h2-11,22H,1H3/b19-11+. The lowest BCUT2D eigenvalue weighted by molar-refractivity contribution is 0.101. The van der Waals surface area contributed by atoms with Gasteiger partial charge in [0.15, 0.2) is 5.78 Å². The molecule has 0 bridgehead atoms. The highest BCUT2D eigenvalue weighted by molar-refractivity contribution is 5.97. The van der Waals surface area contributed by atoms with Gasteiger partial charge in [-0.15, -0.1) is 0 Å². The van der Waals surface area contributed by atoms with E-state index >= 15 is 0 Å². The van der Waals surface area contributed by atoms with Crippen LogP contribution in [0.1, 0.15) is 22.8 Å². The largest absolute Gasteiger partial charge is 0.508 e. The summed E-state index contributed by atoms with van der Waals surface area (Å²) in [6, 6.07) is 15.3. The number of benzene rings is 2. The van der Waals surface area contributed by atoms with E-state index in [0.29, 0.717) is 5.52 Å². The zero-order chi connectivity index (χ0) is 16.4. The van der Waals surface area contributed by atoms with Crippen LogP contribution in [0.4, 0.5) is 0 Å². The molecule has 2 aromatic carbocycles. The first-order valence-corrected chi connectivity index (χ1v) is 7.05. The number of hydrogen-bond donors (Lipinski definition) is 1. The predicted octanol–water partition coefficient (Wildman–Crippen LogP) is 2.79. The second-order valence-electron chi connectivity index (χ2n) is 5.13. The van der Waals surface area contributed by atoms with Crippen molar-refractivity contribution in [2.24, 2.45) is 5.10 Å². The van der Waals surface area contributed by atoms with Crippen LogP contribution in [0.25, 0.3) is 10.9 Å². The maximum Gasteiger partial charge on any atom is 0.282 e. The third kappa shape index (κ3) is 2.89. The van der Waals surface area contributed by atoms with Crippen LogP contribution < -0.4 is 5.56 Å². The van der Waals surface area contributed by atoms with E-state index in [1.54, 1.807) is 24.3 Å². The van der Waals surface area contributed by atoms with Gasteiger partial charge in [0.2, 0.25) is 0 Å². The van der Waals surface area contributed by atoms with Gasteiger partial charge in [-0.3, -0.25) is 9.59 Å². The molecule has 1 aromatic heterocycles. The van der Waals surface area contributed by atoms with Crippen LogP contribution in [-0.4, -0.2) is 21.8 Å². The Balaban J connectivity index is 2.19. The number of aromatic hydroxyl groups is 1. The van der Waals surface area contributed by atoms with E-state index < -0.39 is 5.56 Å². The molecule has 5 heteroatoms. The number of Topliss-reactive ketones (excluding diaryl/α,β-unsaturated/α-hetero) is 1. The Morgan fingerprint density at radius 2 is 1.83 bits per heavy atom. The minimum Gasteiger partial charge on any atom is -0.508 e. The number of ketones is 1. The molecule has 1 heterocycles. The number of carbonyl (C=O) groups is 1. The molecular weight excluding hydrogens is 292 g/mol. The molecule has 0 aliphatic carbocycles.